The van der Waals surface area contributed by atoms with Crippen LogP contribution in [0.5, 0.6) is 0 Å². The summed E-state index contributed by atoms with van der Waals surface area (Å²) in [5.74, 6) is -0.899. The predicted octanol–water partition coefficient (Wildman–Crippen LogP) is 2.49. The van der Waals surface area contributed by atoms with Gasteiger partial charge in [0.1, 0.15) is 0 Å². The lowest BCUT2D eigenvalue weighted by atomic mass is 10.2. The molecule has 0 radical (unpaired) electrons. The zero-order chi connectivity index (χ0) is 15.3. The molecule has 3 N–H and O–H groups in total. The predicted molar refractivity (Wildman–Crippen MR) is 81.3 cm³/mol. The van der Waals surface area contributed by atoms with Crippen LogP contribution in [0.25, 0.3) is 0 Å². The highest BCUT2D eigenvalue weighted by atomic mass is 79.9. The average Bonchev–Trinajstić information content (AvgIpc) is 2.40. The van der Waals surface area contributed by atoms with E-state index in [1.807, 2.05) is 13.8 Å². The first kappa shape index (κ1) is 16.5. The molecule has 1 amide bonds. The highest BCUT2D eigenvalue weighted by molar-refractivity contribution is 9.10. The summed E-state index contributed by atoms with van der Waals surface area (Å²) in [5.41, 5.74) is 6.39. The lowest BCUT2D eigenvalue weighted by Crippen LogP contribution is -2.40. The van der Waals surface area contributed by atoms with Gasteiger partial charge in [0.25, 0.3) is 5.91 Å². The van der Waals surface area contributed by atoms with Crippen LogP contribution in [-0.2, 0) is 9.53 Å². The maximum absolute atomic E-state index is 12.0. The van der Waals surface area contributed by atoms with Crippen LogP contribution in [0, 0.1) is 0 Å². The first-order chi connectivity index (χ1) is 9.35. The minimum Gasteiger partial charge on any atom is -0.449 e. The van der Waals surface area contributed by atoms with Gasteiger partial charge < -0.3 is 15.8 Å². The fraction of sp³-hybridized carbons (Fsp3) is 0.429. The van der Waals surface area contributed by atoms with Crippen molar-refractivity contribution in [3.63, 3.8) is 0 Å². The van der Waals surface area contributed by atoms with Crippen molar-refractivity contribution in [1.82, 2.24) is 5.32 Å². The smallest absolute Gasteiger partial charge is 0.340 e. The van der Waals surface area contributed by atoms with Crippen LogP contribution in [0.1, 0.15) is 37.6 Å². The van der Waals surface area contributed by atoms with E-state index in [0.717, 1.165) is 6.42 Å². The molecule has 0 fully saturated rings. The van der Waals surface area contributed by atoms with Gasteiger partial charge in [0.05, 0.1) is 5.56 Å². The summed E-state index contributed by atoms with van der Waals surface area (Å²) in [6, 6.07) is 4.88. The third kappa shape index (κ3) is 4.52. The van der Waals surface area contributed by atoms with Crippen molar-refractivity contribution in [2.75, 3.05) is 5.73 Å². The van der Waals surface area contributed by atoms with Crippen molar-refractivity contribution in [3.05, 3.63) is 28.2 Å². The van der Waals surface area contributed by atoms with E-state index in [-0.39, 0.29) is 11.9 Å². The number of halogens is 1. The van der Waals surface area contributed by atoms with E-state index in [9.17, 15) is 9.59 Å². The monoisotopic (exact) mass is 342 g/mol. The van der Waals surface area contributed by atoms with Gasteiger partial charge in [-0.2, -0.15) is 0 Å². The van der Waals surface area contributed by atoms with Gasteiger partial charge in [-0.05, 0) is 54.4 Å². The molecule has 1 aromatic carbocycles. The number of anilines is 1. The van der Waals surface area contributed by atoms with Crippen molar-refractivity contribution < 1.29 is 14.3 Å². The number of amides is 1. The lowest BCUT2D eigenvalue weighted by Gasteiger charge is -2.17. The van der Waals surface area contributed by atoms with Crippen LogP contribution in [0.2, 0.25) is 0 Å². The largest absolute Gasteiger partial charge is 0.449 e. The normalized spacial score (nSPS) is 13.4. The molecule has 0 spiro atoms. The quantitative estimate of drug-likeness (QED) is 0.636. The molecule has 0 saturated heterocycles. The standard InChI is InChI=1S/C14H19BrN2O3/c1-4-8(2)17-13(18)9(3)20-14(19)11-7-10(16)5-6-12(11)15/h5-9H,4,16H2,1-3H3,(H,17,18). The highest BCUT2D eigenvalue weighted by Gasteiger charge is 2.21. The summed E-state index contributed by atoms with van der Waals surface area (Å²) in [4.78, 5) is 23.8. The van der Waals surface area contributed by atoms with Crippen molar-refractivity contribution in [3.8, 4) is 0 Å². The number of carbonyl (C=O) groups is 2. The van der Waals surface area contributed by atoms with Crippen molar-refractivity contribution in [2.24, 2.45) is 0 Å². The Morgan fingerprint density at radius 3 is 2.65 bits per heavy atom. The lowest BCUT2D eigenvalue weighted by molar-refractivity contribution is -0.129. The van der Waals surface area contributed by atoms with Crippen LogP contribution in [-0.4, -0.2) is 24.0 Å². The molecule has 110 valence electrons. The minimum atomic E-state index is -0.857. The maximum atomic E-state index is 12.0. The Labute approximate surface area is 127 Å². The molecule has 20 heavy (non-hydrogen) atoms. The summed E-state index contributed by atoms with van der Waals surface area (Å²) < 4.78 is 5.72. The summed E-state index contributed by atoms with van der Waals surface area (Å²) >= 11 is 3.25. The molecular formula is C14H19BrN2O3. The second-order valence-electron chi connectivity index (χ2n) is 4.60. The van der Waals surface area contributed by atoms with E-state index in [4.69, 9.17) is 10.5 Å². The van der Waals surface area contributed by atoms with E-state index >= 15 is 0 Å². The van der Waals surface area contributed by atoms with E-state index in [1.54, 1.807) is 12.1 Å². The molecule has 1 aromatic rings. The van der Waals surface area contributed by atoms with Gasteiger partial charge in [0.2, 0.25) is 0 Å². The van der Waals surface area contributed by atoms with Crippen molar-refractivity contribution in [2.45, 2.75) is 39.3 Å². The molecule has 0 aromatic heterocycles. The molecule has 0 aliphatic carbocycles. The van der Waals surface area contributed by atoms with Crippen molar-refractivity contribution >= 4 is 33.5 Å². The third-order valence-corrected chi connectivity index (χ3v) is 3.56. The molecule has 6 heteroatoms. The number of nitrogens with one attached hydrogen (secondary N) is 1. The fourth-order valence-corrected chi connectivity index (χ4v) is 1.85. The minimum absolute atomic E-state index is 0.0442. The van der Waals surface area contributed by atoms with Crippen molar-refractivity contribution in [1.29, 1.82) is 0 Å². The van der Waals surface area contributed by atoms with Crippen LogP contribution >= 0.6 is 15.9 Å². The number of nitrogens with two attached hydrogens (primary N) is 1. The molecule has 1 rings (SSSR count). The molecule has 0 aliphatic rings. The van der Waals surface area contributed by atoms with Gasteiger partial charge in [0, 0.05) is 16.2 Å². The van der Waals surface area contributed by atoms with E-state index in [0.29, 0.717) is 15.7 Å². The number of hydrogen-bond acceptors (Lipinski definition) is 4. The maximum Gasteiger partial charge on any atom is 0.340 e. The van der Waals surface area contributed by atoms with Gasteiger partial charge in [-0.1, -0.05) is 6.92 Å². The molecular weight excluding hydrogens is 324 g/mol. The molecule has 0 bridgehead atoms. The summed E-state index contributed by atoms with van der Waals surface area (Å²) in [5, 5.41) is 2.76. The Balaban J connectivity index is 2.70. The molecule has 5 nitrogen and oxygen atoms in total. The van der Waals surface area contributed by atoms with Gasteiger partial charge in [-0.3, -0.25) is 4.79 Å². The number of carbonyl (C=O) groups excluding carboxylic acids is 2. The highest BCUT2D eigenvalue weighted by Crippen LogP contribution is 2.20. The topological polar surface area (TPSA) is 81.4 Å². The van der Waals surface area contributed by atoms with E-state index in [2.05, 4.69) is 21.2 Å². The van der Waals surface area contributed by atoms with Gasteiger partial charge in [-0.15, -0.1) is 0 Å². The van der Waals surface area contributed by atoms with Gasteiger partial charge in [0.15, 0.2) is 6.10 Å². The van der Waals surface area contributed by atoms with Crippen LogP contribution in [0.3, 0.4) is 0 Å². The summed E-state index contributed by atoms with van der Waals surface area (Å²) in [6.07, 6.45) is -0.0440. The Morgan fingerprint density at radius 1 is 1.40 bits per heavy atom. The first-order valence-electron chi connectivity index (χ1n) is 6.41. The fourth-order valence-electron chi connectivity index (χ4n) is 1.44. The first-order valence-corrected chi connectivity index (χ1v) is 7.20. The Morgan fingerprint density at radius 2 is 2.05 bits per heavy atom. The Kier molecular flexibility index (Phi) is 6.01. The van der Waals surface area contributed by atoms with Gasteiger partial charge in [-0.25, -0.2) is 4.79 Å². The Bertz CT molecular complexity index is 505. The van der Waals surface area contributed by atoms with Crippen LogP contribution in [0.4, 0.5) is 5.69 Å². The Hall–Kier alpha value is -1.56. The zero-order valence-electron chi connectivity index (χ0n) is 11.8. The number of ether oxygens (including phenoxy) is 1. The molecule has 0 heterocycles. The van der Waals surface area contributed by atoms with Crippen LogP contribution in [0.15, 0.2) is 22.7 Å². The average molecular weight is 343 g/mol. The van der Waals surface area contributed by atoms with Crippen LogP contribution < -0.4 is 11.1 Å². The molecule has 0 saturated carbocycles. The molecule has 2 atom stereocenters. The second kappa shape index (κ2) is 7.28. The SMILES string of the molecule is CCC(C)NC(=O)C(C)OC(=O)c1cc(N)ccc1Br. The summed E-state index contributed by atoms with van der Waals surface area (Å²) in [6.45, 7) is 5.39. The molecule has 0 aliphatic heterocycles. The second-order valence-corrected chi connectivity index (χ2v) is 5.46. The third-order valence-electron chi connectivity index (χ3n) is 2.86. The zero-order valence-corrected chi connectivity index (χ0v) is 13.4. The van der Waals surface area contributed by atoms with E-state index in [1.165, 1.54) is 13.0 Å². The number of nitrogen functional groups attached to an aromatic ring is 1. The number of hydrogen-bond donors (Lipinski definition) is 2. The summed E-state index contributed by atoms with van der Waals surface area (Å²) in [7, 11) is 0. The van der Waals surface area contributed by atoms with Gasteiger partial charge >= 0.3 is 5.97 Å². The van der Waals surface area contributed by atoms with E-state index < -0.39 is 12.1 Å². The molecule has 2 unspecified atom stereocenters. The number of esters is 1. The number of rotatable bonds is 5. The number of benzene rings is 1.